The molecule has 0 spiro atoms. The SMILES string of the molecule is O=C(O)Nc1cc(I)c2c(c1)C(=O)NC2. The zero-order valence-corrected chi connectivity index (χ0v) is 9.66. The summed E-state index contributed by atoms with van der Waals surface area (Å²) < 4.78 is 0.882. The molecular weight excluding hydrogens is 311 g/mol. The van der Waals surface area contributed by atoms with Gasteiger partial charge in [-0.15, -0.1) is 0 Å². The summed E-state index contributed by atoms with van der Waals surface area (Å²) in [5.74, 6) is -0.156. The number of hydrogen-bond acceptors (Lipinski definition) is 2. The molecule has 1 aromatic carbocycles. The van der Waals surface area contributed by atoms with Gasteiger partial charge in [-0.05, 0) is 40.3 Å². The van der Waals surface area contributed by atoms with E-state index in [9.17, 15) is 9.59 Å². The van der Waals surface area contributed by atoms with Crippen LogP contribution in [0.4, 0.5) is 10.5 Å². The predicted molar refractivity (Wildman–Crippen MR) is 62.0 cm³/mol. The van der Waals surface area contributed by atoms with Crippen LogP contribution in [0.3, 0.4) is 0 Å². The average molecular weight is 318 g/mol. The van der Waals surface area contributed by atoms with E-state index in [2.05, 4.69) is 33.2 Å². The number of hydrogen-bond donors (Lipinski definition) is 3. The van der Waals surface area contributed by atoms with Crippen molar-refractivity contribution in [2.45, 2.75) is 6.54 Å². The summed E-state index contributed by atoms with van der Waals surface area (Å²) in [4.78, 5) is 21.8. The van der Waals surface area contributed by atoms with Gasteiger partial charge in [0.15, 0.2) is 0 Å². The highest BCUT2D eigenvalue weighted by molar-refractivity contribution is 14.1. The maximum Gasteiger partial charge on any atom is 0.409 e. The maximum absolute atomic E-state index is 11.4. The molecule has 0 saturated heterocycles. The lowest BCUT2D eigenvalue weighted by Gasteiger charge is -2.05. The Morgan fingerprint density at radius 1 is 1.53 bits per heavy atom. The first-order chi connectivity index (χ1) is 7.08. The van der Waals surface area contributed by atoms with Crippen LogP contribution in [0.25, 0.3) is 0 Å². The maximum atomic E-state index is 11.4. The fourth-order valence-electron chi connectivity index (χ4n) is 1.48. The molecule has 0 atom stereocenters. The first-order valence-corrected chi connectivity index (χ1v) is 5.26. The van der Waals surface area contributed by atoms with Gasteiger partial charge in [-0.1, -0.05) is 0 Å². The van der Waals surface area contributed by atoms with Crippen LogP contribution < -0.4 is 10.6 Å². The summed E-state index contributed by atoms with van der Waals surface area (Å²) in [6, 6.07) is 3.25. The van der Waals surface area contributed by atoms with E-state index in [0.717, 1.165) is 9.13 Å². The van der Waals surface area contributed by atoms with Gasteiger partial charge in [0.1, 0.15) is 0 Å². The average Bonchev–Trinajstić information content (AvgIpc) is 2.47. The van der Waals surface area contributed by atoms with Gasteiger partial charge in [0.05, 0.1) is 0 Å². The van der Waals surface area contributed by atoms with Crippen LogP contribution in [-0.4, -0.2) is 17.1 Å². The van der Waals surface area contributed by atoms with Crippen LogP contribution >= 0.6 is 22.6 Å². The smallest absolute Gasteiger partial charge is 0.409 e. The fraction of sp³-hybridized carbons (Fsp3) is 0.111. The molecule has 5 nitrogen and oxygen atoms in total. The largest absolute Gasteiger partial charge is 0.465 e. The summed E-state index contributed by atoms with van der Waals surface area (Å²) in [7, 11) is 0. The van der Waals surface area contributed by atoms with Crippen molar-refractivity contribution in [1.82, 2.24) is 5.32 Å². The first-order valence-electron chi connectivity index (χ1n) is 4.18. The number of nitrogens with one attached hydrogen (secondary N) is 2. The second-order valence-electron chi connectivity index (χ2n) is 3.10. The number of carboxylic acid groups (broad SMARTS) is 1. The molecule has 6 heteroatoms. The van der Waals surface area contributed by atoms with Crippen molar-refractivity contribution < 1.29 is 14.7 Å². The molecule has 1 aliphatic heterocycles. The van der Waals surface area contributed by atoms with Gasteiger partial charge < -0.3 is 10.4 Å². The Hall–Kier alpha value is -1.31. The molecule has 78 valence electrons. The highest BCUT2D eigenvalue weighted by Crippen LogP contribution is 2.26. The Labute approximate surface area is 99.0 Å². The Morgan fingerprint density at radius 3 is 2.93 bits per heavy atom. The van der Waals surface area contributed by atoms with Crippen LogP contribution in [-0.2, 0) is 6.54 Å². The van der Waals surface area contributed by atoms with Gasteiger partial charge in [-0.2, -0.15) is 0 Å². The minimum atomic E-state index is -1.14. The van der Waals surface area contributed by atoms with Crippen molar-refractivity contribution in [1.29, 1.82) is 0 Å². The lowest BCUT2D eigenvalue weighted by atomic mass is 10.1. The number of benzene rings is 1. The molecule has 0 unspecified atom stereocenters. The van der Waals surface area contributed by atoms with Crippen LogP contribution in [0.5, 0.6) is 0 Å². The van der Waals surface area contributed by atoms with E-state index in [1.54, 1.807) is 12.1 Å². The van der Waals surface area contributed by atoms with E-state index >= 15 is 0 Å². The zero-order valence-electron chi connectivity index (χ0n) is 7.50. The summed E-state index contributed by atoms with van der Waals surface area (Å²) in [6.45, 7) is 0.514. The van der Waals surface area contributed by atoms with Crippen molar-refractivity contribution in [3.63, 3.8) is 0 Å². The number of rotatable bonds is 1. The molecule has 1 heterocycles. The third kappa shape index (κ3) is 1.89. The standard InChI is InChI=1S/C9H7IN2O3/c10-7-2-4(12-9(14)15)1-5-6(7)3-11-8(5)13/h1-2,12H,3H2,(H,11,13)(H,14,15). The van der Waals surface area contributed by atoms with Crippen LogP contribution in [0, 0.1) is 3.57 Å². The van der Waals surface area contributed by atoms with E-state index in [1.165, 1.54) is 0 Å². The zero-order chi connectivity index (χ0) is 11.0. The molecule has 15 heavy (non-hydrogen) atoms. The second-order valence-corrected chi connectivity index (χ2v) is 4.26. The van der Waals surface area contributed by atoms with Crippen molar-refractivity contribution in [3.8, 4) is 0 Å². The van der Waals surface area contributed by atoms with Crippen molar-refractivity contribution in [2.24, 2.45) is 0 Å². The van der Waals surface area contributed by atoms with E-state index in [4.69, 9.17) is 5.11 Å². The lowest BCUT2D eigenvalue weighted by molar-refractivity contribution is 0.0965. The molecule has 0 radical (unpaired) electrons. The molecule has 1 aliphatic rings. The quantitative estimate of drug-likeness (QED) is 0.689. The highest BCUT2D eigenvalue weighted by atomic mass is 127. The van der Waals surface area contributed by atoms with E-state index < -0.39 is 6.09 Å². The van der Waals surface area contributed by atoms with Crippen LogP contribution in [0.2, 0.25) is 0 Å². The van der Waals surface area contributed by atoms with E-state index in [1.807, 2.05) is 0 Å². The molecule has 2 amide bonds. The van der Waals surface area contributed by atoms with Crippen molar-refractivity contribution in [2.75, 3.05) is 5.32 Å². The summed E-state index contributed by atoms with van der Waals surface area (Å²) >= 11 is 2.08. The first kappa shape index (κ1) is 10.2. The fourth-order valence-corrected chi connectivity index (χ4v) is 2.30. The monoisotopic (exact) mass is 318 g/mol. The van der Waals surface area contributed by atoms with Crippen LogP contribution in [0.1, 0.15) is 15.9 Å². The Balaban J connectivity index is 2.45. The highest BCUT2D eigenvalue weighted by Gasteiger charge is 2.22. The number of carbonyl (C=O) groups excluding carboxylic acids is 1. The van der Waals surface area contributed by atoms with Crippen molar-refractivity contribution >= 4 is 40.3 Å². The predicted octanol–water partition coefficient (Wildman–Crippen LogP) is 1.62. The molecule has 0 aliphatic carbocycles. The van der Waals surface area contributed by atoms with Gasteiger partial charge >= 0.3 is 6.09 Å². The number of anilines is 1. The topological polar surface area (TPSA) is 78.4 Å². The lowest BCUT2D eigenvalue weighted by Crippen LogP contribution is -2.12. The molecule has 0 aromatic heterocycles. The normalized spacial score (nSPS) is 13.3. The van der Waals surface area contributed by atoms with Gasteiger partial charge in [-0.3, -0.25) is 10.1 Å². The minimum Gasteiger partial charge on any atom is -0.465 e. The molecule has 2 rings (SSSR count). The Morgan fingerprint density at radius 2 is 2.27 bits per heavy atom. The summed E-state index contributed by atoms with van der Waals surface area (Å²) in [5, 5.41) is 13.5. The molecule has 0 saturated carbocycles. The van der Waals surface area contributed by atoms with Gasteiger partial charge in [-0.25, -0.2) is 4.79 Å². The number of carbonyl (C=O) groups is 2. The molecule has 3 N–H and O–H groups in total. The molecule has 0 bridgehead atoms. The van der Waals surface area contributed by atoms with Crippen molar-refractivity contribution in [3.05, 3.63) is 26.8 Å². The van der Waals surface area contributed by atoms with Crippen LogP contribution in [0.15, 0.2) is 12.1 Å². The third-order valence-electron chi connectivity index (χ3n) is 2.12. The summed E-state index contributed by atoms with van der Waals surface area (Å²) in [5.41, 5.74) is 1.89. The van der Waals surface area contributed by atoms with E-state index in [0.29, 0.717) is 17.8 Å². The molecular formula is C9H7IN2O3. The van der Waals surface area contributed by atoms with Gasteiger partial charge in [0.2, 0.25) is 0 Å². The number of fused-ring (bicyclic) bond motifs is 1. The van der Waals surface area contributed by atoms with E-state index in [-0.39, 0.29) is 5.91 Å². The third-order valence-corrected chi connectivity index (χ3v) is 3.08. The second kappa shape index (κ2) is 3.69. The molecule has 0 fully saturated rings. The van der Waals surface area contributed by atoms with Gasteiger partial charge in [0, 0.05) is 21.4 Å². The van der Waals surface area contributed by atoms with Gasteiger partial charge in [0.25, 0.3) is 5.91 Å². The number of halogens is 1. The Bertz CT molecular complexity index is 459. The Kier molecular flexibility index (Phi) is 2.51. The minimum absolute atomic E-state index is 0.156. The summed E-state index contributed by atoms with van der Waals surface area (Å²) in [6.07, 6.45) is -1.14. The number of amides is 2. The molecule has 1 aromatic rings.